The highest BCUT2D eigenvalue weighted by Gasteiger charge is 2.11. The van der Waals surface area contributed by atoms with Crippen molar-refractivity contribution in [3.05, 3.63) is 29.8 Å². The summed E-state index contributed by atoms with van der Waals surface area (Å²) in [7, 11) is 5.72. The highest BCUT2D eigenvalue weighted by atomic mass is 16.5. The van der Waals surface area contributed by atoms with Gasteiger partial charge in [0.05, 0.1) is 7.11 Å². The molecule has 0 aliphatic heterocycles. The Morgan fingerprint density at radius 2 is 2.14 bits per heavy atom. The van der Waals surface area contributed by atoms with Gasteiger partial charge in [-0.1, -0.05) is 12.1 Å². The zero-order valence-electron chi connectivity index (χ0n) is 9.03. The van der Waals surface area contributed by atoms with E-state index in [-0.39, 0.29) is 6.04 Å². The molecule has 2 N–H and O–H groups in total. The van der Waals surface area contributed by atoms with E-state index in [1.807, 2.05) is 32.3 Å². The standard InChI is InChI=1S/C11H18N2O/c1-13(2)11(8-12)9-5-4-6-10(7-9)14-3/h4-7,11H,8,12H2,1-3H3/t11-/m1/s1. The van der Waals surface area contributed by atoms with E-state index >= 15 is 0 Å². The second kappa shape index (κ2) is 4.98. The summed E-state index contributed by atoms with van der Waals surface area (Å²) in [6.07, 6.45) is 0. The molecule has 0 aromatic heterocycles. The number of hydrogen-bond donors (Lipinski definition) is 1. The van der Waals surface area contributed by atoms with E-state index < -0.39 is 0 Å². The van der Waals surface area contributed by atoms with Gasteiger partial charge in [-0.2, -0.15) is 0 Å². The number of nitrogens with two attached hydrogens (primary N) is 1. The van der Waals surface area contributed by atoms with Crippen LogP contribution in [0.5, 0.6) is 5.75 Å². The first kappa shape index (κ1) is 11.0. The average Bonchev–Trinajstić information content (AvgIpc) is 2.19. The largest absolute Gasteiger partial charge is 0.497 e. The molecule has 3 heteroatoms. The second-order valence-corrected chi connectivity index (χ2v) is 3.49. The molecular formula is C11H18N2O. The van der Waals surface area contributed by atoms with Crippen molar-refractivity contribution in [2.45, 2.75) is 6.04 Å². The fourth-order valence-electron chi connectivity index (χ4n) is 1.49. The van der Waals surface area contributed by atoms with Gasteiger partial charge in [0, 0.05) is 12.6 Å². The maximum Gasteiger partial charge on any atom is 0.119 e. The normalized spacial score (nSPS) is 12.9. The average molecular weight is 194 g/mol. The first-order chi connectivity index (χ1) is 6.69. The minimum Gasteiger partial charge on any atom is -0.497 e. The zero-order chi connectivity index (χ0) is 10.6. The van der Waals surface area contributed by atoms with Crippen LogP contribution < -0.4 is 10.5 Å². The van der Waals surface area contributed by atoms with Crippen LogP contribution >= 0.6 is 0 Å². The summed E-state index contributed by atoms with van der Waals surface area (Å²) in [5.41, 5.74) is 6.91. The Bertz CT molecular complexity index is 286. The predicted molar refractivity (Wildman–Crippen MR) is 58.5 cm³/mol. The first-order valence-corrected chi connectivity index (χ1v) is 4.69. The van der Waals surface area contributed by atoms with Crippen LogP contribution in [0.15, 0.2) is 24.3 Å². The Labute approximate surface area is 85.5 Å². The summed E-state index contributed by atoms with van der Waals surface area (Å²) in [6, 6.07) is 8.27. The number of nitrogens with zero attached hydrogens (tertiary/aromatic N) is 1. The van der Waals surface area contributed by atoms with Crippen molar-refractivity contribution < 1.29 is 4.74 Å². The van der Waals surface area contributed by atoms with E-state index in [2.05, 4.69) is 11.0 Å². The van der Waals surface area contributed by atoms with Crippen molar-refractivity contribution in [2.75, 3.05) is 27.7 Å². The van der Waals surface area contributed by atoms with Crippen molar-refractivity contribution >= 4 is 0 Å². The van der Waals surface area contributed by atoms with E-state index in [0.29, 0.717) is 6.54 Å². The van der Waals surface area contributed by atoms with E-state index in [4.69, 9.17) is 10.5 Å². The van der Waals surface area contributed by atoms with Gasteiger partial charge in [-0.25, -0.2) is 0 Å². The molecule has 1 aromatic carbocycles. The number of ether oxygens (including phenoxy) is 1. The van der Waals surface area contributed by atoms with Crippen LogP contribution in [0.1, 0.15) is 11.6 Å². The van der Waals surface area contributed by atoms with E-state index in [0.717, 1.165) is 5.75 Å². The van der Waals surface area contributed by atoms with Gasteiger partial charge in [-0.15, -0.1) is 0 Å². The molecule has 0 saturated heterocycles. The number of likely N-dealkylation sites (N-methyl/N-ethyl adjacent to an activating group) is 1. The minimum atomic E-state index is 0.255. The lowest BCUT2D eigenvalue weighted by atomic mass is 10.1. The Hall–Kier alpha value is -1.06. The molecule has 0 aliphatic carbocycles. The summed E-state index contributed by atoms with van der Waals surface area (Å²) in [6.45, 7) is 0.611. The molecule has 0 bridgehead atoms. The minimum absolute atomic E-state index is 0.255. The third-order valence-electron chi connectivity index (χ3n) is 2.33. The summed E-state index contributed by atoms with van der Waals surface area (Å²) < 4.78 is 5.17. The van der Waals surface area contributed by atoms with Crippen LogP contribution in [0, 0.1) is 0 Å². The lowest BCUT2D eigenvalue weighted by molar-refractivity contribution is 0.305. The highest BCUT2D eigenvalue weighted by molar-refractivity contribution is 5.30. The highest BCUT2D eigenvalue weighted by Crippen LogP contribution is 2.21. The molecule has 1 aromatic rings. The van der Waals surface area contributed by atoms with E-state index in [1.165, 1.54) is 5.56 Å². The Kier molecular flexibility index (Phi) is 3.92. The number of rotatable bonds is 4. The molecule has 3 nitrogen and oxygen atoms in total. The van der Waals surface area contributed by atoms with Gasteiger partial charge < -0.3 is 15.4 Å². The molecule has 0 spiro atoms. The SMILES string of the molecule is COc1cccc([C@@H](CN)N(C)C)c1. The fraction of sp³-hybridized carbons (Fsp3) is 0.455. The monoisotopic (exact) mass is 194 g/mol. The third-order valence-corrected chi connectivity index (χ3v) is 2.33. The van der Waals surface area contributed by atoms with Crippen molar-refractivity contribution in [1.29, 1.82) is 0 Å². The molecule has 78 valence electrons. The molecule has 0 amide bonds. The van der Waals surface area contributed by atoms with Gasteiger partial charge in [0.15, 0.2) is 0 Å². The fourth-order valence-corrected chi connectivity index (χ4v) is 1.49. The van der Waals surface area contributed by atoms with Crippen LogP contribution in [-0.2, 0) is 0 Å². The number of methoxy groups -OCH3 is 1. The summed E-state index contributed by atoms with van der Waals surface area (Å²) in [4.78, 5) is 2.11. The maximum atomic E-state index is 5.71. The Morgan fingerprint density at radius 1 is 1.43 bits per heavy atom. The Morgan fingerprint density at radius 3 is 2.64 bits per heavy atom. The van der Waals surface area contributed by atoms with Gasteiger partial charge in [-0.05, 0) is 31.8 Å². The number of hydrogen-bond acceptors (Lipinski definition) is 3. The van der Waals surface area contributed by atoms with Crippen LogP contribution in [0.25, 0.3) is 0 Å². The van der Waals surface area contributed by atoms with Gasteiger partial charge in [0.1, 0.15) is 5.75 Å². The van der Waals surface area contributed by atoms with E-state index in [9.17, 15) is 0 Å². The predicted octanol–water partition coefficient (Wildman–Crippen LogP) is 1.26. The summed E-state index contributed by atoms with van der Waals surface area (Å²) >= 11 is 0. The molecule has 0 unspecified atom stereocenters. The zero-order valence-corrected chi connectivity index (χ0v) is 9.03. The molecule has 1 rings (SSSR count). The second-order valence-electron chi connectivity index (χ2n) is 3.49. The first-order valence-electron chi connectivity index (χ1n) is 4.69. The van der Waals surface area contributed by atoms with Crippen LogP contribution in [0.2, 0.25) is 0 Å². The van der Waals surface area contributed by atoms with E-state index in [1.54, 1.807) is 7.11 Å². The molecule has 0 saturated carbocycles. The van der Waals surface area contributed by atoms with Crippen LogP contribution in [-0.4, -0.2) is 32.6 Å². The third kappa shape index (κ3) is 2.47. The van der Waals surface area contributed by atoms with Gasteiger partial charge in [0.2, 0.25) is 0 Å². The molecule has 0 radical (unpaired) electrons. The van der Waals surface area contributed by atoms with Crippen LogP contribution in [0.4, 0.5) is 0 Å². The van der Waals surface area contributed by atoms with Crippen molar-refractivity contribution in [2.24, 2.45) is 5.73 Å². The Balaban J connectivity index is 2.92. The molecule has 0 fully saturated rings. The van der Waals surface area contributed by atoms with Crippen molar-refractivity contribution in [3.8, 4) is 5.75 Å². The quantitative estimate of drug-likeness (QED) is 0.784. The molecule has 0 aliphatic rings. The smallest absolute Gasteiger partial charge is 0.119 e. The van der Waals surface area contributed by atoms with Crippen molar-refractivity contribution in [1.82, 2.24) is 4.90 Å². The molecule has 14 heavy (non-hydrogen) atoms. The van der Waals surface area contributed by atoms with Crippen LogP contribution in [0.3, 0.4) is 0 Å². The maximum absolute atomic E-state index is 5.71. The lowest BCUT2D eigenvalue weighted by Crippen LogP contribution is -2.27. The number of benzene rings is 1. The summed E-state index contributed by atoms with van der Waals surface area (Å²) in [5.74, 6) is 0.878. The lowest BCUT2D eigenvalue weighted by Gasteiger charge is -2.23. The van der Waals surface area contributed by atoms with Gasteiger partial charge >= 0.3 is 0 Å². The molecule has 1 atom stereocenters. The molecular weight excluding hydrogens is 176 g/mol. The van der Waals surface area contributed by atoms with Gasteiger partial charge in [0.25, 0.3) is 0 Å². The van der Waals surface area contributed by atoms with Gasteiger partial charge in [-0.3, -0.25) is 0 Å². The van der Waals surface area contributed by atoms with Crippen molar-refractivity contribution in [3.63, 3.8) is 0 Å². The summed E-state index contributed by atoms with van der Waals surface area (Å²) in [5, 5.41) is 0. The topological polar surface area (TPSA) is 38.5 Å². The molecule has 0 heterocycles.